The second-order valence-electron chi connectivity index (χ2n) is 25.2. The molecule has 2 aromatic heterocycles. The second-order valence-corrected chi connectivity index (χ2v) is 25.2. The number of benzene rings is 7. The molecule has 1 saturated heterocycles. The number of quaternary nitrogens is 2. The predicted octanol–water partition coefficient (Wildman–Crippen LogP) is 19.5. The molecular weight excluding hydrogens is 1100 g/mol. The molecule has 2 aliphatic rings. The largest absolute Gasteiger partial charge is 0.509 e. The van der Waals surface area contributed by atoms with Crippen molar-refractivity contribution < 1.29 is 25.8 Å². The maximum atomic E-state index is 7.11. The van der Waals surface area contributed by atoms with Crippen LogP contribution in [0.3, 0.4) is 0 Å². The number of fused-ring (bicyclic) bond motifs is 7. The van der Waals surface area contributed by atoms with Crippen LogP contribution in [0.15, 0.2) is 146 Å². The van der Waals surface area contributed by atoms with Gasteiger partial charge < -0.3 is 9.30 Å². The van der Waals surface area contributed by atoms with Gasteiger partial charge in [0.05, 0.1) is 5.69 Å². The van der Waals surface area contributed by atoms with Crippen molar-refractivity contribution in [3.05, 3.63) is 198 Å². The summed E-state index contributed by atoms with van der Waals surface area (Å²) >= 11 is 0. The van der Waals surface area contributed by atoms with Crippen molar-refractivity contribution in [3.8, 4) is 39.6 Å². The van der Waals surface area contributed by atoms with Crippen LogP contribution in [0.4, 0.5) is 22.7 Å². The maximum Gasteiger partial charge on any atom is 0.225 e. The average Bonchev–Trinajstić information content (AvgIpc) is 3.86. The van der Waals surface area contributed by atoms with Crippen molar-refractivity contribution in [2.24, 2.45) is 0 Å². The Morgan fingerprint density at radius 3 is 1.76 bits per heavy atom. The fourth-order valence-corrected chi connectivity index (χ4v) is 11.5. The van der Waals surface area contributed by atoms with E-state index < -0.39 is 0 Å². The molecule has 2 atom stereocenters. The molecule has 11 rings (SSSR count). The smallest absolute Gasteiger partial charge is 0.225 e. The van der Waals surface area contributed by atoms with E-state index in [0.29, 0.717) is 38.4 Å². The van der Waals surface area contributed by atoms with E-state index in [1.165, 1.54) is 72.7 Å². The second kappa shape index (κ2) is 18.6. The van der Waals surface area contributed by atoms with Gasteiger partial charge in [-0.25, -0.2) is 9.58 Å². The summed E-state index contributed by atoms with van der Waals surface area (Å²) in [6, 6.07) is 59.7. The third kappa shape index (κ3) is 8.72. The number of para-hydroxylation sites is 2. The van der Waals surface area contributed by atoms with Crippen LogP contribution in [0.5, 0.6) is 11.5 Å². The minimum absolute atomic E-state index is 0. The van der Waals surface area contributed by atoms with Crippen LogP contribution in [-0.4, -0.2) is 9.55 Å². The van der Waals surface area contributed by atoms with Gasteiger partial charge in [-0.15, -0.1) is 35.2 Å². The number of hydrogen-bond acceptors (Lipinski definition) is 2. The van der Waals surface area contributed by atoms with Crippen LogP contribution in [0.25, 0.3) is 49.9 Å². The Kier molecular flexibility index (Phi) is 13.0. The van der Waals surface area contributed by atoms with Gasteiger partial charge in [0.15, 0.2) is 12.4 Å². The number of nitrogens with zero attached hydrogens (tertiary/aromatic N) is 4. The zero-order chi connectivity index (χ0) is 52.4. The SMILES string of the molecule is CC(C)c1cc(C(C)C)c(-c2ccnc(-n3c4[c-]c(Oc5[c-]c([N+]67[CH-][N@+]6(c6cc(-c8ccccc8)cc(C(C)(C)C)c6)c6ccccc67)cc(C(C)(C)C)c5)ccc4c4ccc(C(C)(C)C)cc43)c2)c(C(C)C)c1.[Pt]. The minimum Gasteiger partial charge on any atom is -0.509 e. The predicted molar refractivity (Wildman–Crippen MR) is 312 cm³/mol. The molecule has 7 aromatic carbocycles. The molecule has 5 nitrogen and oxygen atoms in total. The molecule has 4 heterocycles. The quantitative estimate of drug-likeness (QED) is 0.0775. The van der Waals surface area contributed by atoms with Crippen molar-refractivity contribution in [1.82, 2.24) is 18.7 Å². The Balaban J connectivity index is 0.00000641. The summed E-state index contributed by atoms with van der Waals surface area (Å²) in [5.41, 5.74) is 19.4. The Morgan fingerprint density at radius 2 is 1.13 bits per heavy atom. The molecule has 1 fully saturated rings. The molecule has 9 aromatic rings. The van der Waals surface area contributed by atoms with Crippen LogP contribution in [-0.2, 0) is 37.3 Å². The molecule has 75 heavy (non-hydrogen) atoms. The number of aromatic nitrogens is 2. The third-order valence-electron chi connectivity index (χ3n) is 15.9. The van der Waals surface area contributed by atoms with E-state index in [1.807, 2.05) is 6.20 Å². The summed E-state index contributed by atoms with van der Waals surface area (Å²) < 4.78 is 10.5. The molecule has 0 amide bonds. The molecule has 0 N–H and O–H groups in total. The van der Waals surface area contributed by atoms with Crippen molar-refractivity contribution in [2.45, 2.75) is 138 Å². The first-order valence-corrected chi connectivity index (χ1v) is 26.9. The van der Waals surface area contributed by atoms with E-state index in [1.54, 1.807) is 0 Å². The molecule has 0 bridgehead atoms. The van der Waals surface area contributed by atoms with Gasteiger partial charge in [-0.05, 0) is 108 Å². The van der Waals surface area contributed by atoms with E-state index in [2.05, 4.69) is 267 Å². The molecular formula is C69H73N4OPt-. The van der Waals surface area contributed by atoms with Crippen molar-refractivity contribution in [3.63, 3.8) is 0 Å². The van der Waals surface area contributed by atoms with Gasteiger partial charge in [-0.3, -0.25) is 0 Å². The molecule has 386 valence electrons. The van der Waals surface area contributed by atoms with E-state index >= 15 is 0 Å². The average molecular weight is 1170 g/mol. The normalized spacial score (nSPS) is 17.3. The van der Waals surface area contributed by atoms with E-state index in [4.69, 9.17) is 9.72 Å². The molecule has 2 aliphatic heterocycles. The first-order chi connectivity index (χ1) is 35.0. The number of ether oxygens (including phenoxy) is 1. The van der Waals surface area contributed by atoms with Crippen LogP contribution < -0.4 is 13.9 Å². The standard InChI is InChI=1S/C69H73N4O.Pt/c1-43(2)48-33-59(44(3)4)66(60(34-48)45(5)6)47-29-30-70-65(35-47)71-61-39-50(67(7,8)9)25-27-57(61)58-28-26-55(41-62(58)71)74-56-38-52(69(13,14)15)37-54(40-56)73-42-72(73,63-23-19-20-24-64(63)73)53-32-49(46-21-17-16-18-22-46)31-51(36-53)68(10,11)12;/h16-39,42-45H,1-15H3;/q-1;/t72-,73?;/m0./s1. The van der Waals surface area contributed by atoms with Crippen LogP contribution in [0.2, 0.25) is 0 Å². The Labute approximate surface area is 461 Å². The molecule has 0 saturated carbocycles. The number of rotatable bonds is 10. The van der Waals surface area contributed by atoms with Gasteiger partial charge in [0.1, 0.15) is 5.82 Å². The van der Waals surface area contributed by atoms with Crippen molar-refractivity contribution in [2.75, 3.05) is 0 Å². The monoisotopic (exact) mass is 1170 g/mol. The summed E-state index contributed by atoms with van der Waals surface area (Å²) in [7, 11) is 0. The first kappa shape index (κ1) is 52.3. The fraction of sp³-hybridized carbons (Fsp3) is 0.304. The summed E-state index contributed by atoms with van der Waals surface area (Å²) in [6.45, 7) is 37.0. The van der Waals surface area contributed by atoms with Gasteiger partial charge in [0, 0.05) is 68.5 Å². The summed E-state index contributed by atoms with van der Waals surface area (Å²) in [4.78, 5) is 5.19. The van der Waals surface area contributed by atoms with Crippen molar-refractivity contribution >= 4 is 44.6 Å². The van der Waals surface area contributed by atoms with E-state index in [0.717, 1.165) is 33.3 Å². The van der Waals surface area contributed by atoms with Gasteiger partial charge in [-0.1, -0.05) is 188 Å². The van der Waals surface area contributed by atoms with Crippen LogP contribution >= 0.6 is 0 Å². The topological polar surface area (TPSA) is 27.1 Å². The number of hydrogen-bond donors (Lipinski definition) is 0. The third-order valence-corrected chi connectivity index (χ3v) is 15.9. The Hall–Kier alpha value is -6.10. The van der Waals surface area contributed by atoms with Gasteiger partial charge >= 0.3 is 0 Å². The van der Waals surface area contributed by atoms with Gasteiger partial charge in [0.25, 0.3) is 0 Å². The first-order valence-electron chi connectivity index (χ1n) is 26.9. The number of pyridine rings is 1. The van der Waals surface area contributed by atoms with Crippen LogP contribution in [0.1, 0.15) is 155 Å². The summed E-state index contributed by atoms with van der Waals surface area (Å²) in [6.07, 6.45) is 1.99. The molecule has 6 heteroatoms. The molecule has 0 spiro atoms. The molecule has 0 aliphatic carbocycles. The minimum atomic E-state index is -0.176. The summed E-state index contributed by atoms with van der Waals surface area (Å²) in [5.74, 6) is 3.28. The zero-order valence-electron chi connectivity index (χ0n) is 46.7. The van der Waals surface area contributed by atoms with E-state index in [9.17, 15) is 0 Å². The van der Waals surface area contributed by atoms with E-state index in [-0.39, 0.29) is 37.3 Å². The zero-order valence-corrected chi connectivity index (χ0v) is 49.0. The van der Waals surface area contributed by atoms with Crippen LogP contribution in [0, 0.1) is 18.8 Å². The van der Waals surface area contributed by atoms with Crippen molar-refractivity contribution in [1.29, 1.82) is 0 Å². The molecule has 0 radical (unpaired) electrons. The fourth-order valence-electron chi connectivity index (χ4n) is 11.5. The van der Waals surface area contributed by atoms with Gasteiger partial charge in [-0.2, -0.15) is 10.7 Å². The van der Waals surface area contributed by atoms with Gasteiger partial charge in [0.2, 0.25) is 11.4 Å². The summed E-state index contributed by atoms with van der Waals surface area (Å²) in [5, 5.41) is 2.26. The molecule has 1 unspecified atom stereocenters. The Morgan fingerprint density at radius 1 is 0.520 bits per heavy atom. The maximum absolute atomic E-state index is 7.11. The Bertz CT molecular complexity index is 3640.